The van der Waals surface area contributed by atoms with Crippen molar-refractivity contribution in [3.63, 3.8) is 0 Å². The Morgan fingerprint density at radius 3 is 2.44 bits per heavy atom. The maximum atomic E-state index is 12.9. The van der Waals surface area contributed by atoms with Crippen molar-refractivity contribution in [1.29, 1.82) is 0 Å². The van der Waals surface area contributed by atoms with E-state index < -0.39 is 41.3 Å². The number of hydrogen-bond acceptors (Lipinski definition) is 6. The lowest BCUT2D eigenvalue weighted by Gasteiger charge is -2.50. The number of carbonyl (C=O) groups excluding carboxylic acids is 3. The number of aliphatic carboxylic acids is 1. The van der Waals surface area contributed by atoms with Crippen LogP contribution in [-0.2, 0) is 14.4 Å². The fourth-order valence-corrected chi connectivity index (χ4v) is 5.91. The number of urea groups is 1. The molecular weight excluding hydrogens is 460 g/mol. The standard InChI is InChI=1S/C23H28N4O6S/c1-26(23(33)24-14-10-6-3-7-11-14)15-12-34-21-16(20(30)27(21)17(15)22(31)32)25-19(29)18(28)13-8-4-2-5-9-13/h2,4-5,8-9,14,16,18,21,28H,3,6-7,10-12H2,1H3,(H,24,33)(H,25,29)(H,31,32)/t16?,18?,21-/m0/s1. The average Bonchev–Trinajstić information content (AvgIpc) is 2.86. The Morgan fingerprint density at radius 2 is 1.79 bits per heavy atom. The molecule has 34 heavy (non-hydrogen) atoms. The third-order valence-corrected chi connectivity index (χ3v) is 7.72. The third kappa shape index (κ3) is 4.62. The van der Waals surface area contributed by atoms with Gasteiger partial charge in [-0.25, -0.2) is 9.59 Å². The van der Waals surface area contributed by atoms with Gasteiger partial charge in [0.2, 0.25) is 0 Å². The van der Waals surface area contributed by atoms with E-state index in [0.29, 0.717) is 5.56 Å². The van der Waals surface area contributed by atoms with Crippen molar-refractivity contribution in [3.05, 3.63) is 47.3 Å². The minimum Gasteiger partial charge on any atom is -0.477 e. The lowest BCUT2D eigenvalue weighted by Crippen LogP contribution is -2.71. The zero-order chi connectivity index (χ0) is 24.4. The van der Waals surface area contributed by atoms with E-state index in [2.05, 4.69) is 10.6 Å². The van der Waals surface area contributed by atoms with Crippen LogP contribution in [0.15, 0.2) is 41.7 Å². The first kappa shape index (κ1) is 24.1. The quantitative estimate of drug-likeness (QED) is 0.444. The molecular formula is C23H28N4O6S. The van der Waals surface area contributed by atoms with Crippen molar-refractivity contribution in [3.8, 4) is 0 Å². The largest absolute Gasteiger partial charge is 0.477 e. The number of aliphatic hydroxyl groups is 1. The van der Waals surface area contributed by atoms with Gasteiger partial charge in [-0.3, -0.25) is 19.4 Å². The van der Waals surface area contributed by atoms with Crippen molar-refractivity contribution in [2.75, 3.05) is 12.8 Å². The van der Waals surface area contributed by atoms with Crippen LogP contribution in [0.2, 0.25) is 0 Å². The van der Waals surface area contributed by atoms with Crippen LogP contribution in [0.4, 0.5) is 4.79 Å². The number of thioether (sulfide) groups is 1. The molecule has 1 aromatic carbocycles. The Kier molecular flexibility index (Phi) is 7.13. The van der Waals surface area contributed by atoms with E-state index in [4.69, 9.17) is 0 Å². The number of fused-ring (bicyclic) bond motifs is 1. The molecule has 2 fully saturated rings. The molecule has 4 N–H and O–H groups in total. The van der Waals surface area contributed by atoms with Gasteiger partial charge in [-0.05, 0) is 18.4 Å². The lowest BCUT2D eigenvalue weighted by atomic mass is 9.96. The highest BCUT2D eigenvalue weighted by molar-refractivity contribution is 8.00. The molecule has 11 heteroatoms. The van der Waals surface area contributed by atoms with E-state index in [1.54, 1.807) is 30.3 Å². The molecule has 2 heterocycles. The topological polar surface area (TPSA) is 139 Å². The van der Waals surface area contributed by atoms with Gasteiger partial charge in [0.05, 0.1) is 5.70 Å². The molecule has 4 amide bonds. The number of β-lactam (4-membered cyclic amide) rings is 1. The predicted molar refractivity (Wildman–Crippen MR) is 124 cm³/mol. The highest BCUT2D eigenvalue weighted by atomic mass is 32.2. The minimum atomic E-state index is -1.45. The summed E-state index contributed by atoms with van der Waals surface area (Å²) in [5.74, 6) is -2.47. The molecule has 1 aliphatic carbocycles. The first-order valence-corrected chi connectivity index (χ1v) is 12.3. The summed E-state index contributed by atoms with van der Waals surface area (Å²) in [4.78, 5) is 52.6. The summed E-state index contributed by atoms with van der Waals surface area (Å²) < 4.78 is 0. The summed E-state index contributed by atoms with van der Waals surface area (Å²) in [5, 5.41) is 25.0. The number of benzene rings is 1. The molecule has 0 radical (unpaired) electrons. The summed E-state index contributed by atoms with van der Waals surface area (Å²) in [7, 11) is 1.50. The molecule has 0 bridgehead atoms. The average molecular weight is 489 g/mol. The Bertz CT molecular complexity index is 1010. The van der Waals surface area contributed by atoms with Gasteiger partial charge in [-0.1, -0.05) is 49.6 Å². The van der Waals surface area contributed by atoms with Gasteiger partial charge in [0.1, 0.15) is 11.4 Å². The molecule has 10 nitrogen and oxygen atoms in total. The highest BCUT2D eigenvalue weighted by Gasteiger charge is 2.55. The molecule has 1 saturated carbocycles. The van der Waals surface area contributed by atoms with Crippen LogP contribution >= 0.6 is 11.8 Å². The summed E-state index contributed by atoms with van der Waals surface area (Å²) in [6, 6.07) is 7.01. The Hall–Kier alpha value is -3.05. The van der Waals surface area contributed by atoms with Crippen molar-refractivity contribution in [2.24, 2.45) is 0 Å². The molecule has 1 saturated heterocycles. The molecule has 2 aliphatic heterocycles. The number of nitrogens with one attached hydrogen (secondary N) is 2. The maximum Gasteiger partial charge on any atom is 0.354 e. The first-order chi connectivity index (χ1) is 16.3. The predicted octanol–water partition coefficient (Wildman–Crippen LogP) is 1.39. The van der Waals surface area contributed by atoms with E-state index in [1.807, 2.05) is 0 Å². The number of amides is 4. The van der Waals surface area contributed by atoms with Gasteiger partial charge in [0, 0.05) is 18.8 Å². The van der Waals surface area contributed by atoms with Crippen LogP contribution in [0.25, 0.3) is 0 Å². The molecule has 1 aromatic rings. The van der Waals surface area contributed by atoms with Gasteiger partial charge in [0.15, 0.2) is 11.8 Å². The Morgan fingerprint density at radius 1 is 1.12 bits per heavy atom. The van der Waals surface area contributed by atoms with Crippen LogP contribution in [0, 0.1) is 0 Å². The number of rotatable bonds is 6. The van der Waals surface area contributed by atoms with E-state index in [9.17, 15) is 29.4 Å². The lowest BCUT2D eigenvalue weighted by molar-refractivity contribution is -0.152. The summed E-state index contributed by atoms with van der Waals surface area (Å²) in [6.45, 7) is 0. The van der Waals surface area contributed by atoms with Gasteiger partial charge in [-0.2, -0.15) is 0 Å². The van der Waals surface area contributed by atoms with Crippen molar-refractivity contribution in [1.82, 2.24) is 20.4 Å². The molecule has 0 aromatic heterocycles. The van der Waals surface area contributed by atoms with Crippen LogP contribution in [0.1, 0.15) is 43.8 Å². The normalized spacial score (nSPS) is 23.5. The third-order valence-electron chi connectivity index (χ3n) is 6.45. The van der Waals surface area contributed by atoms with E-state index in [0.717, 1.165) is 37.0 Å². The van der Waals surface area contributed by atoms with Crippen molar-refractivity contribution in [2.45, 2.75) is 55.7 Å². The second-order valence-electron chi connectivity index (χ2n) is 8.65. The summed E-state index contributed by atoms with van der Waals surface area (Å²) in [6.07, 6.45) is 3.57. The zero-order valence-electron chi connectivity index (χ0n) is 18.8. The number of nitrogens with zero attached hydrogens (tertiary/aromatic N) is 2. The fourth-order valence-electron chi connectivity index (χ4n) is 4.52. The maximum absolute atomic E-state index is 12.9. The molecule has 182 valence electrons. The first-order valence-electron chi connectivity index (χ1n) is 11.3. The van der Waals surface area contributed by atoms with Crippen LogP contribution in [0.3, 0.4) is 0 Å². The van der Waals surface area contributed by atoms with E-state index in [1.165, 1.54) is 23.7 Å². The second kappa shape index (κ2) is 10.1. The van der Waals surface area contributed by atoms with Gasteiger partial charge in [0.25, 0.3) is 11.8 Å². The van der Waals surface area contributed by atoms with Crippen molar-refractivity contribution < 1.29 is 29.4 Å². The summed E-state index contributed by atoms with van der Waals surface area (Å²) in [5.41, 5.74) is 0.354. The highest BCUT2D eigenvalue weighted by Crippen LogP contribution is 2.41. The zero-order valence-corrected chi connectivity index (χ0v) is 19.6. The Labute approximate surface area is 201 Å². The van der Waals surface area contributed by atoms with Crippen LogP contribution in [0.5, 0.6) is 0 Å². The van der Waals surface area contributed by atoms with Crippen molar-refractivity contribution >= 4 is 35.6 Å². The number of hydrogen-bond donors (Lipinski definition) is 4. The monoisotopic (exact) mass is 488 g/mol. The fraction of sp³-hybridized carbons (Fsp3) is 0.478. The SMILES string of the molecule is CN(C(=O)NC1CCCCC1)C1=C(C(=O)O)N2C(=O)C(NC(=O)C(O)c3ccccc3)[C@@H]2SC1. The minimum absolute atomic E-state index is 0.0582. The molecule has 2 unspecified atom stereocenters. The molecule has 4 rings (SSSR count). The number of aliphatic hydroxyl groups excluding tert-OH is 1. The number of carboxylic acids is 1. The summed E-state index contributed by atoms with van der Waals surface area (Å²) >= 11 is 1.26. The number of carbonyl (C=O) groups is 4. The Balaban J connectivity index is 1.46. The molecule has 3 aliphatic rings. The molecule has 0 spiro atoms. The second-order valence-corrected chi connectivity index (χ2v) is 9.76. The number of carboxylic acid groups (broad SMARTS) is 1. The van der Waals surface area contributed by atoms with Crippen LogP contribution < -0.4 is 10.6 Å². The van der Waals surface area contributed by atoms with E-state index >= 15 is 0 Å². The molecule has 3 atom stereocenters. The van der Waals surface area contributed by atoms with Gasteiger partial charge in [-0.15, -0.1) is 11.8 Å². The van der Waals surface area contributed by atoms with Gasteiger partial charge < -0.3 is 20.8 Å². The smallest absolute Gasteiger partial charge is 0.354 e. The van der Waals surface area contributed by atoms with Gasteiger partial charge >= 0.3 is 12.0 Å². The van der Waals surface area contributed by atoms with E-state index in [-0.39, 0.29) is 23.2 Å². The van der Waals surface area contributed by atoms with Crippen LogP contribution in [-0.4, -0.2) is 74.1 Å².